The zero-order valence-electron chi connectivity index (χ0n) is 16.2. The second kappa shape index (κ2) is 8.05. The number of thioether (sulfide) groups is 1. The van der Waals surface area contributed by atoms with E-state index in [2.05, 4.69) is 17.0 Å². The third kappa shape index (κ3) is 4.14. The van der Waals surface area contributed by atoms with Gasteiger partial charge in [0.25, 0.3) is 5.91 Å². The minimum Gasteiger partial charge on any atom is -0.487 e. The second-order valence-electron chi connectivity index (χ2n) is 6.71. The van der Waals surface area contributed by atoms with Gasteiger partial charge in [0.2, 0.25) is 5.17 Å². The lowest BCUT2D eigenvalue weighted by atomic mass is 10.1. The molecule has 6 nitrogen and oxygen atoms in total. The molecular formula is C22H20N4O2S. The number of aliphatic imine (C=N–C) groups is 1. The van der Waals surface area contributed by atoms with Crippen molar-refractivity contribution >= 4 is 39.8 Å². The van der Waals surface area contributed by atoms with Crippen molar-refractivity contribution in [2.75, 3.05) is 6.61 Å². The topological polar surface area (TPSA) is 78.1 Å². The molecule has 1 N–H and O–H groups in total. The fraction of sp³-hybridized carbons (Fsp3) is 0.182. The van der Waals surface area contributed by atoms with E-state index in [1.54, 1.807) is 6.08 Å². The van der Waals surface area contributed by atoms with Crippen LogP contribution in [-0.4, -0.2) is 33.6 Å². The highest BCUT2D eigenvalue weighted by molar-refractivity contribution is 8.27. The summed E-state index contributed by atoms with van der Waals surface area (Å²) in [6.45, 7) is 4.34. The number of amides is 1. The standard InChI is InChI=1S/C22H20N4O2S/c1-3-15-7-9-16(10-8-15)12-18-20(23)26-22(24-21(18)27)29-19(25-26)13-28-17-6-4-5-14(2)11-17/h4-12,23H,3,13H2,1-2H3. The number of hydrazone groups is 1. The lowest BCUT2D eigenvalue weighted by Crippen LogP contribution is -2.35. The van der Waals surface area contributed by atoms with Crippen molar-refractivity contribution < 1.29 is 9.53 Å². The van der Waals surface area contributed by atoms with E-state index >= 15 is 0 Å². The molecule has 2 heterocycles. The highest BCUT2D eigenvalue weighted by atomic mass is 32.2. The van der Waals surface area contributed by atoms with Crippen LogP contribution in [0.15, 0.2) is 64.2 Å². The maximum absolute atomic E-state index is 12.5. The minimum absolute atomic E-state index is 0.0256. The Labute approximate surface area is 173 Å². The summed E-state index contributed by atoms with van der Waals surface area (Å²) in [5.41, 5.74) is 3.41. The van der Waals surface area contributed by atoms with Crippen molar-refractivity contribution in [1.82, 2.24) is 5.01 Å². The quantitative estimate of drug-likeness (QED) is 0.756. The first kappa shape index (κ1) is 19.1. The molecule has 0 radical (unpaired) electrons. The Balaban J connectivity index is 1.51. The van der Waals surface area contributed by atoms with Crippen LogP contribution in [0.3, 0.4) is 0 Å². The number of nitrogens with one attached hydrogen (secondary N) is 1. The number of amidine groups is 2. The molecule has 29 heavy (non-hydrogen) atoms. The highest BCUT2D eigenvalue weighted by Gasteiger charge is 2.35. The third-order valence-electron chi connectivity index (χ3n) is 4.55. The van der Waals surface area contributed by atoms with Crippen LogP contribution in [0, 0.1) is 12.3 Å². The summed E-state index contributed by atoms with van der Waals surface area (Å²) in [5.74, 6) is 0.351. The number of hydrogen-bond acceptors (Lipinski definition) is 5. The van der Waals surface area contributed by atoms with Crippen molar-refractivity contribution in [3.63, 3.8) is 0 Å². The summed E-state index contributed by atoms with van der Waals surface area (Å²) >= 11 is 1.25. The first-order valence-electron chi connectivity index (χ1n) is 9.31. The second-order valence-corrected chi connectivity index (χ2v) is 7.75. The Hall–Kier alpha value is -3.19. The van der Waals surface area contributed by atoms with E-state index in [4.69, 9.17) is 10.1 Å². The predicted molar refractivity (Wildman–Crippen MR) is 118 cm³/mol. The molecular weight excluding hydrogens is 384 g/mol. The number of carbonyl (C=O) groups excluding carboxylic acids is 1. The zero-order chi connectivity index (χ0) is 20.4. The number of aryl methyl sites for hydroxylation is 2. The molecule has 0 atom stereocenters. The van der Waals surface area contributed by atoms with Crippen molar-refractivity contribution in [3.8, 4) is 5.75 Å². The van der Waals surface area contributed by atoms with Crippen LogP contribution in [0.5, 0.6) is 5.75 Å². The summed E-state index contributed by atoms with van der Waals surface area (Å²) in [6.07, 6.45) is 2.64. The van der Waals surface area contributed by atoms with Crippen LogP contribution in [0.1, 0.15) is 23.6 Å². The maximum atomic E-state index is 12.5. The van der Waals surface area contributed by atoms with Crippen molar-refractivity contribution in [3.05, 3.63) is 70.8 Å². The Kier molecular flexibility index (Phi) is 5.31. The van der Waals surface area contributed by atoms with E-state index in [1.807, 2.05) is 55.5 Å². The van der Waals surface area contributed by atoms with E-state index in [1.165, 1.54) is 22.3 Å². The van der Waals surface area contributed by atoms with Gasteiger partial charge < -0.3 is 4.74 Å². The lowest BCUT2D eigenvalue weighted by Gasteiger charge is -2.20. The first-order valence-corrected chi connectivity index (χ1v) is 10.1. The molecule has 0 aliphatic carbocycles. The third-order valence-corrected chi connectivity index (χ3v) is 5.43. The molecule has 0 aromatic heterocycles. The van der Waals surface area contributed by atoms with Crippen molar-refractivity contribution in [1.29, 1.82) is 5.41 Å². The summed E-state index contributed by atoms with van der Waals surface area (Å²) < 4.78 is 5.78. The van der Waals surface area contributed by atoms with Crippen LogP contribution < -0.4 is 4.74 Å². The summed E-state index contributed by atoms with van der Waals surface area (Å²) in [5, 5.41) is 15.3. The van der Waals surface area contributed by atoms with Gasteiger partial charge in [-0.25, -0.2) is 0 Å². The molecule has 0 bridgehead atoms. The number of carbonyl (C=O) groups is 1. The van der Waals surface area contributed by atoms with E-state index in [0.29, 0.717) is 10.2 Å². The molecule has 1 amide bonds. The van der Waals surface area contributed by atoms with Crippen LogP contribution in [-0.2, 0) is 11.2 Å². The highest BCUT2D eigenvalue weighted by Crippen LogP contribution is 2.28. The molecule has 0 unspecified atom stereocenters. The fourth-order valence-electron chi connectivity index (χ4n) is 2.96. The van der Waals surface area contributed by atoms with Crippen LogP contribution in [0.2, 0.25) is 0 Å². The van der Waals surface area contributed by atoms with Gasteiger partial charge in [0.1, 0.15) is 17.4 Å². The molecule has 0 fully saturated rings. The first-order chi connectivity index (χ1) is 14.0. The summed E-state index contributed by atoms with van der Waals surface area (Å²) in [6, 6.07) is 15.7. The number of nitrogens with zero attached hydrogens (tertiary/aromatic N) is 3. The molecule has 2 aliphatic heterocycles. The zero-order valence-corrected chi connectivity index (χ0v) is 17.0. The number of rotatable bonds is 5. The molecule has 0 saturated carbocycles. The summed E-state index contributed by atoms with van der Waals surface area (Å²) in [4.78, 5) is 16.6. The fourth-order valence-corrected chi connectivity index (χ4v) is 3.75. The molecule has 2 aromatic carbocycles. The van der Waals surface area contributed by atoms with Gasteiger partial charge in [-0.2, -0.15) is 15.1 Å². The number of benzene rings is 2. The van der Waals surface area contributed by atoms with Gasteiger partial charge in [-0.1, -0.05) is 43.3 Å². The molecule has 0 spiro atoms. The Morgan fingerprint density at radius 2 is 2.00 bits per heavy atom. The Morgan fingerprint density at radius 1 is 1.21 bits per heavy atom. The van der Waals surface area contributed by atoms with E-state index < -0.39 is 5.91 Å². The summed E-state index contributed by atoms with van der Waals surface area (Å²) in [7, 11) is 0. The predicted octanol–water partition coefficient (Wildman–Crippen LogP) is 4.26. The molecule has 146 valence electrons. The lowest BCUT2D eigenvalue weighted by molar-refractivity contribution is -0.114. The van der Waals surface area contributed by atoms with Crippen molar-refractivity contribution in [2.45, 2.75) is 20.3 Å². The van der Waals surface area contributed by atoms with Crippen molar-refractivity contribution in [2.24, 2.45) is 10.1 Å². The largest absolute Gasteiger partial charge is 0.487 e. The Morgan fingerprint density at radius 3 is 2.72 bits per heavy atom. The van der Waals surface area contributed by atoms with Crippen LogP contribution in [0.4, 0.5) is 0 Å². The van der Waals surface area contributed by atoms with E-state index in [-0.39, 0.29) is 18.0 Å². The molecule has 2 aliphatic rings. The molecule has 2 aromatic rings. The van der Waals surface area contributed by atoms with Gasteiger partial charge in [0.15, 0.2) is 5.84 Å². The SMILES string of the molecule is CCc1ccc(C=C2C(=N)N3N=C(COc4cccc(C)c4)SC3=NC2=O)cc1. The van der Waals surface area contributed by atoms with Gasteiger partial charge >= 0.3 is 0 Å². The molecule has 7 heteroatoms. The van der Waals surface area contributed by atoms with Crippen LogP contribution >= 0.6 is 11.8 Å². The smallest absolute Gasteiger partial charge is 0.283 e. The average Bonchev–Trinajstić information content (AvgIpc) is 3.13. The molecule has 4 rings (SSSR count). The van der Waals surface area contributed by atoms with Gasteiger partial charge in [0, 0.05) is 0 Å². The number of fused-ring (bicyclic) bond motifs is 1. The van der Waals surface area contributed by atoms with Crippen LogP contribution in [0.25, 0.3) is 6.08 Å². The Bertz CT molecular complexity index is 1070. The maximum Gasteiger partial charge on any atom is 0.283 e. The van der Waals surface area contributed by atoms with Gasteiger partial charge in [0.05, 0.1) is 5.57 Å². The number of ether oxygens (including phenoxy) is 1. The average molecular weight is 404 g/mol. The van der Waals surface area contributed by atoms with E-state index in [0.717, 1.165) is 23.3 Å². The van der Waals surface area contributed by atoms with E-state index in [9.17, 15) is 4.79 Å². The van der Waals surface area contributed by atoms with Gasteiger partial charge in [-0.15, -0.1) is 0 Å². The molecule has 0 saturated heterocycles. The minimum atomic E-state index is -0.427. The monoisotopic (exact) mass is 404 g/mol. The van der Waals surface area contributed by atoms with Gasteiger partial charge in [-0.05, 0) is 60.0 Å². The normalized spacial score (nSPS) is 17.3. The number of hydrogen-bond donors (Lipinski definition) is 1. The van der Waals surface area contributed by atoms with Gasteiger partial charge in [-0.3, -0.25) is 10.2 Å².